The molecule has 0 bridgehead atoms. The molecule has 0 aromatic carbocycles. The fraction of sp³-hybridized carbons (Fsp3) is 0.571. The van der Waals surface area contributed by atoms with Gasteiger partial charge in [0.1, 0.15) is 5.52 Å². The summed E-state index contributed by atoms with van der Waals surface area (Å²) in [4.78, 5) is 4.42. The van der Waals surface area contributed by atoms with Gasteiger partial charge in [0.25, 0.3) is 0 Å². The van der Waals surface area contributed by atoms with E-state index < -0.39 is 0 Å². The monoisotopic (exact) mass is 259 g/mol. The van der Waals surface area contributed by atoms with Crippen molar-refractivity contribution in [2.24, 2.45) is 5.92 Å². The maximum Gasteiger partial charge on any atom is 0.152 e. The molecule has 1 aliphatic heterocycles. The molecule has 1 fully saturated rings. The number of anilines is 1. The Morgan fingerprint density at radius 2 is 2.47 bits per heavy atom. The molecule has 2 N–H and O–H groups in total. The highest BCUT2D eigenvalue weighted by atomic mass is 15.2. The number of aryl methyl sites for hydroxylation is 1. The van der Waals surface area contributed by atoms with E-state index in [1.165, 1.54) is 25.8 Å². The van der Waals surface area contributed by atoms with E-state index in [-0.39, 0.29) is 0 Å². The molecule has 0 spiro atoms. The van der Waals surface area contributed by atoms with E-state index in [4.69, 9.17) is 0 Å². The van der Waals surface area contributed by atoms with Gasteiger partial charge in [-0.05, 0) is 51.3 Å². The summed E-state index contributed by atoms with van der Waals surface area (Å²) < 4.78 is 1.88. The van der Waals surface area contributed by atoms with Crippen LogP contribution in [0.1, 0.15) is 25.0 Å². The highest BCUT2D eigenvalue weighted by Gasteiger charge is 2.12. The molecule has 2 aromatic rings. The number of fused-ring (bicyclic) bond motifs is 1. The van der Waals surface area contributed by atoms with Gasteiger partial charge in [-0.3, -0.25) is 0 Å². The second-order valence-corrected chi connectivity index (χ2v) is 5.32. The molecule has 0 saturated carbocycles. The molecule has 102 valence electrons. The minimum absolute atomic E-state index is 0.799. The Labute approximate surface area is 113 Å². The van der Waals surface area contributed by atoms with Crippen LogP contribution in [0.15, 0.2) is 18.5 Å². The van der Waals surface area contributed by atoms with Crippen LogP contribution in [0.25, 0.3) is 5.52 Å². The van der Waals surface area contributed by atoms with E-state index in [0.29, 0.717) is 0 Å². The lowest BCUT2D eigenvalue weighted by Crippen LogP contribution is -2.30. The smallest absolute Gasteiger partial charge is 0.152 e. The van der Waals surface area contributed by atoms with Crippen molar-refractivity contribution in [3.8, 4) is 0 Å². The molecule has 1 aliphatic rings. The van der Waals surface area contributed by atoms with Crippen LogP contribution in [0.3, 0.4) is 0 Å². The number of rotatable bonds is 4. The van der Waals surface area contributed by atoms with Gasteiger partial charge in [-0.2, -0.15) is 5.10 Å². The quantitative estimate of drug-likeness (QED) is 0.879. The second-order valence-electron chi connectivity index (χ2n) is 5.32. The summed E-state index contributed by atoms with van der Waals surface area (Å²) in [6.45, 7) is 5.32. The third-order valence-corrected chi connectivity index (χ3v) is 3.76. The van der Waals surface area contributed by atoms with E-state index in [0.717, 1.165) is 36.0 Å². The van der Waals surface area contributed by atoms with E-state index in [1.54, 1.807) is 6.20 Å². The lowest BCUT2D eigenvalue weighted by molar-refractivity contribution is 0.364. The van der Waals surface area contributed by atoms with Gasteiger partial charge in [-0.15, -0.1) is 0 Å². The molecule has 1 atom stereocenters. The van der Waals surface area contributed by atoms with Gasteiger partial charge in [-0.1, -0.05) is 0 Å². The van der Waals surface area contributed by atoms with Crippen molar-refractivity contribution in [1.82, 2.24) is 19.9 Å². The maximum atomic E-state index is 4.42. The first-order chi connectivity index (χ1) is 9.33. The fourth-order valence-electron chi connectivity index (χ4n) is 2.75. The average Bonchev–Trinajstić information content (AvgIpc) is 2.81. The van der Waals surface area contributed by atoms with Crippen molar-refractivity contribution >= 4 is 11.3 Å². The molecule has 0 amide bonds. The van der Waals surface area contributed by atoms with E-state index in [9.17, 15) is 0 Å². The van der Waals surface area contributed by atoms with Crippen LogP contribution in [0, 0.1) is 12.8 Å². The van der Waals surface area contributed by atoms with Crippen LogP contribution >= 0.6 is 0 Å². The first-order valence-electron chi connectivity index (χ1n) is 7.08. The third-order valence-electron chi connectivity index (χ3n) is 3.76. The van der Waals surface area contributed by atoms with Crippen LogP contribution in [0.5, 0.6) is 0 Å². The molecular weight excluding hydrogens is 238 g/mol. The Morgan fingerprint density at radius 1 is 1.53 bits per heavy atom. The van der Waals surface area contributed by atoms with Crippen molar-refractivity contribution in [2.75, 3.05) is 25.0 Å². The maximum absolute atomic E-state index is 4.42. The summed E-state index contributed by atoms with van der Waals surface area (Å²) in [5.74, 6) is 1.74. The van der Waals surface area contributed by atoms with Crippen LogP contribution < -0.4 is 10.6 Å². The summed E-state index contributed by atoms with van der Waals surface area (Å²) in [5.41, 5.74) is 2.08. The predicted octanol–water partition coefficient (Wildman–Crippen LogP) is 1.84. The normalized spacial score (nSPS) is 19.7. The number of nitrogens with one attached hydrogen (secondary N) is 2. The van der Waals surface area contributed by atoms with Gasteiger partial charge in [0, 0.05) is 18.9 Å². The van der Waals surface area contributed by atoms with Gasteiger partial charge >= 0.3 is 0 Å². The van der Waals surface area contributed by atoms with Crippen molar-refractivity contribution in [3.05, 3.63) is 24.2 Å². The second kappa shape index (κ2) is 5.57. The number of nitrogens with zero attached hydrogens (tertiary/aromatic N) is 3. The van der Waals surface area contributed by atoms with Crippen molar-refractivity contribution < 1.29 is 0 Å². The molecule has 5 nitrogen and oxygen atoms in total. The Hall–Kier alpha value is -1.62. The van der Waals surface area contributed by atoms with Crippen LogP contribution in [0.4, 0.5) is 5.82 Å². The Bertz CT molecular complexity index is 542. The molecule has 1 saturated heterocycles. The zero-order valence-electron chi connectivity index (χ0n) is 11.4. The Kier molecular flexibility index (Phi) is 3.64. The highest BCUT2D eigenvalue weighted by molar-refractivity contribution is 5.67. The average molecular weight is 259 g/mol. The standard InChI is InChI=1S/C14H21N5/c1-11-9-13-14(17-7-8-19(13)18-11)16-6-4-12-3-2-5-15-10-12/h7-9,12,15H,2-6,10H2,1H3,(H,16,17). The van der Waals surface area contributed by atoms with Gasteiger partial charge < -0.3 is 10.6 Å². The number of piperidine rings is 1. The summed E-state index contributed by atoms with van der Waals surface area (Å²) in [7, 11) is 0. The molecular formula is C14H21N5. The van der Waals surface area contributed by atoms with E-state index in [1.807, 2.05) is 17.6 Å². The zero-order valence-corrected chi connectivity index (χ0v) is 11.4. The summed E-state index contributed by atoms with van der Waals surface area (Å²) in [6, 6.07) is 2.07. The molecule has 19 heavy (non-hydrogen) atoms. The van der Waals surface area contributed by atoms with Gasteiger partial charge in [0.15, 0.2) is 5.82 Å². The van der Waals surface area contributed by atoms with E-state index >= 15 is 0 Å². The number of hydrogen-bond acceptors (Lipinski definition) is 4. The minimum Gasteiger partial charge on any atom is -0.368 e. The zero-order chi connectivity index (χ0) is 13.1. The fourth-order valence-corrected chi connectivity index (χ4v) is 2.75. The SMILES string of the molecule is Cc1cc2c(NCCC3CCCNC3)nccn2n1. The topological polar surface area (TPSA) is 54.2 Å². The molecule has 5 heteroatoms. The Morgan fingerprint density at radius 3 is 3.32 bits per heavy atom. The lowest BCUT2D eigenvalue weighted by atomic mass is 9.96. The lowest BCUT2D eigenvalue weighted by Gasteiger charge is -2.22. The van der Waals surface area contributed by atoms with Crippen LogP contribution in [-0.2, 0) is 0 Å². The van der Waals surface area contributed by atoms with Crippen LogP contribution in [-0.4, -0.2) is 34.2 Å². The molecule has 1 unspecified atom stereocenters. The van der Waals surface area contributed by atoms with Crippen molar-refractivity contribution in [1.29, 1.82) is 0 Å². The molecule has 3 rings (SSSR count). The van der Waals surface area contributed by atoms with Crippen molar-refractivity contribution in [3.63, 3.8) is 0 Å². The summed E-state index contributed by atoms with van der Waals surface area (Å²) in [5, 5.41) is 11.3. The largest absolute Gasteiger partial charge is 0.368 e. The number of hydrogen-bond donors (Lipinski definition) is 2. The van der Waals surface area contributed by atoms with Gasteiger partial charge in [0.05, 0.1) is 5.69 Å². The highest BCUT2D eigenvalue weighted by Crippen LogP contribution is 2.17. The summed E-state index contributed by atoms with van der Waals surface area (Å²) in [6.07, 6.45) is 7.53. The first-order valence-corrected chi connectivity index (χ1v) is 7.08. The number of aromatic nitrogens is 3. The minimum atomic E-state index is 0.799. The first kappa shape index (κ1) is 12.4. The molecule has 0 radical (unpaired) electrons. The van der Waals surface area contributed by atoms with Gasteiger partial charge in [0.2, 0.25) is 0 Å². The van der Waals surface area contributed by atoms with Crippen molar-refractivity contribution in [2.45, 2.75) is 26.2 Å². The third kappa shape index (κ3) is 2.87. The Balaban J connectivity index is 1.61. The predicted molar refractivity (Wildman–Crippen MR) is 76.4 cm³/mol. The summed E-state index contributed by atoms with van der Waals surface area (Å²) >= 11 is 0. The molecule has 2 aromatic heterocycles. The molecule has 0 aliphatic carbocycles. The van der Waals surface area contributed by atoms with Gasteiger partial charge in [-0.25, -0.2) is 9.50 Å². The van der Waals surface area contributed by atoms with Crippen LogP contribution in [0.2, 0.25) is 0 Å². The van der Waals surface area contributed by atoms with E-state index in [2.05, 4.69) is 26.8 Å². The molecule has 3 heterocycles.